The summed E-state index contributed by atoms with van der Waals surface area (Å²) in [5.74, 6) is 0.284. The van der Waals surface area contributed by atoms with Crippen LogP contribution < -0.4 is 11.4 Å². The summed E-state index contributed by atoms with van der Waals surface area (Å²) in [7, 11) is 0. The number of hydrogen-bond donors (Lipinski definition) is 1. The van der Waals surface area contributed by atoms with Gasteiger partial charge in [0.2, 0.25) is 0 Å². The molecule has 0 atom stereocenters. The van der Waals surface area contributed by atoms with E-state index in [0.29, 0.717) is 11.0 Å². The maximum atomic E-state index is 12.4. The van der Waals surface area contributed by atoms with E-state index in [1.54, 1.807) is 0 Å². The van der Waals surface area contributed by atoms with Crippen LogP contribution in [0.25, 0.3) is 21.7 Å². The van der Waals surface area contributed by atoms with Crippen LogP contribution in [0.15, 0.2) is 31.9 Å². The summed E-state index contributed by atoms with van der Waals surface area (Å²) in [4.78, 5) is 16.9. The quantitative estimate of drug-likeness (QED) is 0.375. The third kappa shape index (κ3) is 2.03. The van der Waals surface area contributed by atoms with Crippen molar-refractivity contribution in [1.82, 2.24) is 4.98 Å². The number of aromatic nitrogens is 1. The lowest BCUT2D eigenvalue weighted by atomic mass is 9.98. The van der Waals surface area contributed by atoms with Crippen LogP contribution in [0, 0.1) is 0 Å². The first kappa shape index (κ1) is 13.8. The fourth-order valence-electron chi connectivity index (χ4n) is 3.38. The predicted molar refractivity (Wildman–Crippen MR) is 91.2 cm³/mol. The van der Waals surface area contributed by atoms with Crippen molar-refractivity contribution in [1.29, 1.82) is 0 Å². The highest BCUT2D eigenvalue weighted by atomic mass is 79.9. The number of hydrogen-bond acceptors (Lipinski definition) is 4. The Hall–Kier alpha value is -1.88. The molecule has 0 fully saturated rings. The van der Waals surface area contributed by atoms with E-state index in [-0.39, 0.29) is 5.82 Å². The summed E-state index contributed by atoms with van der Waals surface area (Å²) in [5, 5.41) is 2.28. The molecule has 0 amide bonds. The Kier molecular flexibility index (Phi) is 3.18. The minimum atomic E-state index is -0.401. The molecule has 4 rings (SSSR count). The zero-order valence-electron chi connectivity index (χ0n) is 12.0. The topological polar surface area (TPSA) is 69.1 Å². The van der Waals surface area contributed by atoms with Crippen LogP contribution >= 0.6 is 15.9 Å². The lowest BCUT2D eigenvalue weighted by molar-refractivity contribution is 0.569. The fourth-order valence-corrected chi connectivity index (χ4v) is 3.74. The van der Waals surface area contributed by atoms with Crippen LogP contribution in [0.5, 0.6) is 0 Å². The molecule has 1 aromatic carbocycles. The number of nitrogen functional groups attached to an aromatic ring is 1. The van der Waals surface area contributed by atoms with E-state index in [9.17, 15) is 4.79 Å². The Morgan fingerprint density at radius 2 is 1.95 bits per heavy atom. The number of benzene rings is 1. The molecule has 0 saturated carbocycles. The van der Waals surface area contributed by atoms with Gasteiger partial charge >= 0.3 is 5.63 Å². The Bertz CT molecular complexity index is 962. The summed E-state index contributed by atoms with van der Waals surface area (Å²) in [6, 6.07) is 5.69. The van der Waals surface area contributed by atoms with Gasteiger partial charge in [-0.3, -0.25) is 0 Å². The molecule has 0 saturated heterocycles. The standard InChI is InChI=1S/C17H15BrN2O2/c18-9-6-7-13-11(8-9)14-10-4-2-1-3-5-12(10)20-16(19)15(14)17(21)22-13/h6-8H,1-5H2,(H2,19,20). The number of rotatable bonds is 0. The molecule has 2 N–H and O–H groups in total. The summed E-state index contributed by atoms with van der Waals surface area (Å²) >= 11 is 3.50. The van der Waals surface area contributed by atoms with Crippen molar-refractivity contribution >= 4 is 43.5 Å². The lowest BCUT2D eigenvalue weighted by Gasteiger charge is -2.13. The molecule has 4 nitrogen and oxygen atoms in total. The number of pyridine rings is 1. The normalized spacial score (nSPS) is 15.0. The van der Waals surface area contributed by atoms with E-state index in [2.05, 4.69) is 20.9 Å². The van der Waals surface area contributed by atoms with Crippen molar-refractivity contribution in [2.45, 2.75) is 32.1 Å². The first-order valence-electron chi connectivity index (χ1n) is 7.48. The van der Waals surface area contributed by atoms with Crippen LogP contribution in [0.4, 0.5) is 5.82 Å². The number of nitrogens with two attached hydrogens (primary N) is 1. The Morgan fingerprint density at radius 3 is 2.82 bits per heavy atom. The third-order valence-electron chi connectivity index (χ3n) is 4.37. The van der Waals surface area contributed by atoms with Crippen LogP contribution in [-0.4, -0.2) is 4.98 Å². The molecule has 0 bridgehead atoms. The molecule has 0 aliphatic heterocycles. The van der Waals surface area contributed by atoms with Crippen molar-refractivity contribution in [2.75, 3.05) is 5.73 Å². The van der Waals surface area contributed by atoms with Crippen LogP contribution in [0.3, 0.4) is 0 Å². The van der Waals surface area contributed by atoms with Crippen molar-refractivity contribution < 1.29 is 4.42 Å². The predicted octanol–water partition coefficient (Wildman–Crippen LogP) is 3.95. The highest BCUT2D eigenvalue weighted by molar-refractivity contribution is 9.10. The average Bonchev–Trinajstić information content (AvgIpc) is 2.72. The molecule has 0 unspecified atom stereocenters. The van der Waals surface area contributed by atoms with Gasteiger partial charge in [0.1, 0.15) is 16.8 Å². The minimum absolute atomic E-state index is 0.284. The second kappa shape index (κ2) is 5.09. The number of nitrogens with zero attached hydrogens (tertiary/aromatic N) is 1. The maximum absolute atomic E-state index is 12.4. The van der Waals surface area contributed by atoms with E-state index in [1.807, 2.05) is 18.2 Å². The number of fused-ring (bicyclic) bond motifs is 5. The SMILES string of the molecule is Nc1nc2c(c3c1c(=O)oc1ccc(Br)cc13)CCCCC2. The van der Waals surface area contributed by atoms with E-state index in [0.717, 1.165) is 52.2 Å². The van der Waals surface area contributed by atoms with Crippen molar-refractivity contribution in [2.24, 2.45) is 0 Å². The van der Waals surface area contributed by atoms with Crippen LogP contribution in [0.2, 0.25) is 0 Å². The monoisotopic (exact) mass is 358 g/mol. The third-order valence-corrected chi connectivity index (χ3v) is 4.86. The summed E-state index contributed by atoms with van der Waals surface area (Å²) in [6.45, 7) is 0. The van der Waals surface area contributed by atoms with Gasteiger partial charge < -0.3 is 10.2 Å². The van der Waals surface area contributed by atoms with Crippen molar-refractivity contribution in [3.63, 3.8) is 0 Å². The van der Waals surface area contributed by atoms with Gasteiger partial charge in [-0.2, -0.15) is 0 Å². The minimum Gasteiger partial charge on any atom is -0.422 e. The molecule has 2 aromatic heterocycles. The number of aryl methyl sites for hydroxylation is 2. The molecule has 2 heterocycles. The molecule has 1 aliphatic carbocycles. The van der Waals surface area contributed by atoms with Gasteiger partial charge in [0, 0.05) is 20.9 Å². The lowest BCUT2D eigenvalue weighted by Crippen LogP contribution is -2.10. The first-order chi connectivity index (χ1) is 10.6. The Balaban J connectivity index is 2.27. The Labute approximate surface area is 135 Å². The van der Waals surface area contributed by atoms with Gasteiger partial charge in [-0.25, -0.2) is 9.78 Å². The zero-order chi connectivity index (χ0) is 15.3. The van der Waals surface area contributed by atoms with Crippen LogP contribution in [-0.2, 0) is 12.8 Å². The smallest absolute Gasteiger partial charge is 0.347 e. The zero-order valence-corrected chi connectivity index (χ0v) is 13.6. The number of anilines is 1. The molecular formula is C17H15BrN2O2. The maximum Gasteiger partial charge on any atom is 0.347 e. The summed E-state index contributed by atoms with van der Waals surface area (Å²) in [6.07, 6.45) is 5.27. The largest absolute Gasteiger partial charge is 0.422 e. The molecule has 0 radical (unpaired) electrons. The fraction of sp³-hybridized carbons (Fsp3) is 0.294. The molecule has 112 valence electrons. The van der Waals surface area contributed by atoms with E-state index in [4.69, 9.17) is 10.2 Å². The second-order valence-electron chi connectivity index (χ2n) is 5.76. The van der Waals surface area contributed by atoms with Gasteiger partial charge in [-0.15, -0.1) is 0 Å². The molecule has 3 aromatic rings. The second-order valence-corrected chi connectivity index (χ2v) is 6.68. The van der Waals surface area contributed by atoms with E-state index in [1.165, 1.54) is 6.42 Å². The highest BCUT2D eigenvalue weighted by Crippen LogP contribution is 2.34. The average molecular weight is 359 g/mol. The molecule has 1 aliphatic rings. The van der Waals surface area contributed by atoms with Gasteiger partial charge in [0.25, 0.3) is 0 Å². The van der Waals surface area contributed by atoms with Crippen molar-refractivity contribution in [3.8, 4) is 0 Å². The Morgan fingerprint density at radius 1 is 1.14 bits per heavy atom. The highest BCUT2D eigenvalue weighted by Gasteiger charge is 2.20. The van der Waals surface area contributed by atoms with Crippen molar-refractivity contribution in [3.05, 3.63) is 44.3 Å². The van der Waals surface area contributed by atoms with Gasteiger partial charge in [0.15, 0.2) is 0 Å². The van der Waals surface area contributed by atoms with Gasteiger partial charge in [0.05, 0.1) is 0 Å². The first-order valence-corrected chi connectivity index (χ1v) is 8.28. The molecule has 5 heteroatoms. The van der Waals surface area contributed by atoms with E-state index < -0.39 is 5.63 Å². The molecule has 0 spiro atoms. The summed E-state index contributed by atoms with van der Waals surface area (Å²) < 4.78 is 6.39. The summed E-state index contributed by atoms with van der Waals surface area (Å²) in [5.41, 5.74) is 8.47. The van der Waals surface area contributed by atoms with Gasteiger partial charge in [-0.05, 0) is 49.4 Å². The van der Waals surface area contributed by atoms with Gasteiger partial charge in [-0.1, -0.05) is 22.4 Å². The van der Waals surface area contributed by atoms with Crippen LogP contribution in [0.1, 0.15) is 30.5 Å². The molecular weight excluding hydrogens is 344 g/mol. The van der Waals surface area contributed by atoms with E-state index >= 15 is 0 Å². The molecule has 22 heavy (non-hydrogen) atoms. The number of halogens is 1.